The van der Waals surface area contributed by atoms with Crippen LogP contribution >= 0.6 is 11.6 Å². The molecule has 0 spiro atoms. The first-order chi connectivity index (χ1) is 18.3. The highest BCUT2D eigenvalue weighted by Crippen LogP contribution is 2.33. The van der Waals surface area contributed by atoms with E-state index in [1.54, 1.807) is 12.1 Å². The number of halogens is 4. The van der Waals surface area contributed by atoms with Crippen LogP contribution in [0.4, 0.5) is 29.3 Å². The molecule has 1 unspecified atom stereocenters. The summed E-state index contributed by atoms with van der Waals surface area (Å²) in [6.07, 6.45) is -3.61. The molecule has 10 nitrogen and oxygen atoms in total. The highest BCUT2D eigenvalue weighted by molar-refractivity contribution is 6.30. The summed E-state index contributed by atoms with van der Waals surface area (Å²) in [6.45, 7) is 3.88. The predicted octanol–water partition coefficient (Wildman–Crippen LogP) is 2.97. The van der Waals surface area contributed by atoms with Crippen molar-refractivity contribution in [2.45, 2.75) is 43.8 Å². The SMILES string of the molecule is NC(=O)Nc1ccc(O)cc1N1CC(NC2CCN(Cc3ccc(Cl)cc3)CC2)[C@H](O)C1.O=C(O)C(F)(F)F. The lowest BCUT2D eigenvalue weighted by Gasteiger charge is -2.34. The number of nitrogens with zero attached hydrogens (tertiary/aromatic N) is 2. The van der Waals surface area contributed by atoms with Crippen LogP contribution in [-0.4, -0.2) is 82.8 Å². The lowest BCUT2D eigenvalue weighted by Crippen LogP contribution is -2.49. The van der Waals surface area contributed by atoms with Gasteiger partial charge in [0.1, 0.15) is 5.75 Å². The highest BCUT2D eigenvalue weighted by atomic mass is 35.5. The Morgan fingerprint density at radius 2 is 1.69 bits per heavy atom. The largest absolute Gasteiger partial charge is 0.508 e. The Hall–Kier alpha value is -3.26. The molecule has 4 rings (SSSR count). The maximum Gasteiger partial charge on any atom is 0.490 e. The monoisotopic (exact) mass is 573 g/mol. The quantitative estimate of drug-likeness (QED) is 0.289. The number of amides is 2. The predicted molar refractivity (Wildman–Crippen MR) is 140 cm³/mol. The summed E-state index contributed by atoms with van der Waals surface area (Å²) in [5.41, 5.74) is 7.69. The number of likely N-dealkylation sites (tertiary alicyclic amines) is 1. The number of aromatic hydroxyl groups is 1. The maximum absolute atomic E-state index is 11.3. The van der Waals surface area contributed by atoms with Crippen molar-refractivity contribution in [2.75, 3.05) is 36.4 Å². The van der Waals surface area contributed by atoms with E-state index in [0.29, 0.717) is 30.5 Å². The third-order valence-corrected chi connectivity index (χ3v) is 6.72. The molecule has 2 aliphatic rings. The van der Waals surface area contributed by atoms with Crippen molar-refractivity contribution < 1.29 is 38.1 Å². The first-order valence-corrected chi connectivity index (χ1v) is 12.5. The molecule has 214 valence electrons. The first kappa shape index (κ1) is 30.3. The molecule has 2 atom stereocenters. The second-order valence-electron chi connectivity index (χ2n) is 9.42. The number of β-amino-alcohol motifs (C(OH)–C–C–N with tert-alkyl or cyclic N) is 1. The summed E-state index contributed by atoms with van der Waals surface area (Å²) >= 11 is 5.97. The van der Waals surface area contributed by atoms with Crippen LogP contribution < -0.4 is 21.3 Å². The second-order valence-corrected chi connectivity index (χ2v) is 9.85. The summed E-state index contributed by atoms with van der Waals surface area (Å²) in [6, 6.07) is 12.2. The molecule has 2 aliphatic heterocycles. The standard InChI is InChI=1S/C23H30ClN5O3.C2HF3O2/c24-16-3-1-15(2-4-16)12-28-9-7-17(8-10-28)26-20-13-29(14-22(20)31)21-11-18(30)5-6-19(21)27-23(25)32;3-2(4,5)1(6)7/h1-6,11,17,20,22,26,30-31H,7-10,12-14H2,(H3,25,27,32);(H,6,7)/t20?,22-;/m1./s1. The van der Waals surface area contributed by atoms with Crippen LogP contribution in [0.3, 0.4) is 0 Å². The van der Waals surface area contributed by atoms with Crippen LogP contribution in [0, 0.1) is 0 Å². The first-order valence-electron chi connectivity index (χ1n) is 12.2. The molecule has 2 amide bonds. The van der Waals surface area contributed by atoms with E-state index in [1.807, 2.05) is 17.0 Å². The maximum atomic E-state index is 11.3. The van der Waals surface area contributed by atoms with Crippen LogP contribution in [-0.2, 0) is 11.3 Å². The van der Waals surface area contributed by atoms with Gasteiger partial charge in [-0.1, -0.05) is 23.7 Å². The molecule has 2 aromatic carbocycles. The van der Waals surface area contributed by atoms with Gasteiger partial charge in [0.15, 0.2) is 0 Å². The molecular weight excluding hydrogens is 543 g/mol. The van der Waals surface area contributed by atoms with E-state index >= 15 is 0 Å². The molecule has 2 saturated heterocycles. The third-order valence-electron chi connectivity index (χ3n) is 6.47. The van der Waals surface area contributed by atoms with Gasteiger partial charge in [-0.15, -0.1) is 0 Å². The minimum atomic E-state index is -5.08. The van der Waals surface area contributed by atoms with Crippen LogP contribution in [0.15, 0.2) is 42.5 Å². The van der Waals surface area contributed by atoms with E-state index in [4.69, 9.17) is 27.2 Å². The lowest BCUT2D eigenvalue weighted by molar-refractivity contribution is -0.192. The number of hydrogen-bond acceptors (Lipinski definition) is 7. The number of carboxylic acids is 1. The van der Waals surface area contributed by atoms with E-state index in [-0.39, 0.29) is 11.8 Å². The minimum Gasteiger partial charge on any atom is -0.508 e. The molecule has 39 heavy (non-hydrogen) atoms. The molecule has 2 heterocycles. The van der Waals surface area contributed by atoms with Crippen LogP contribution in [0.5, 0.6) is 5.75 Å². The third kappa shape index (κ3) is 9.17. The fourth-order valence-corrected chi connectivity index (χ4v) is 4.70. The van der Waals surface area contributed by atoms with E-state index in [0.717, 1.165) is 37.5 Å². The Bertz CT molecular complexity index is 1130. The van der Waals surface area contributed by atoms with Gasteiger partial charge in [0.25, 0.3) is 0 Å². The van der Waals surface area contributed by atoms with Gasteiger partial charge in [-0.05, 0) is 55.8 Å². The number of urea groups is 1. The number of nitrogens with two attached hydrogens (primary N) is 1. The summed E-state index contributed by atoms with van der Waals surface area (Å²) < 4.78 is 31.7. The van der Waals surface area contributed by atoms with Gasteiger partial charge in [0.05, 0.1) is 23.5 Å². The number of primary amides is 1. The number of carbonyl (C=O) groups excluding carboxylic acids is 1. The summed E-state index contributed by atoms with van der Waals surface area (Å²) in [5, 5.41) is 34.7. The fraction of sp³-hybridized carbons (Fsp3) is 0.440. The average molecular weight is 574 g/mol. The molecule has 0 radical (unpaired) electrons. The number of benzene rings is 2. The molecule has 0 bridgehead atoms. The van der Waals surface area contributed by atoms with Gasteiger partial charge in [-0.3, -0.25) is 4.90 Å². The Morgan fingerprint density at radius 1 is 1.08 bits per heavy atom. The number of aliphatic hydroxyl groups is 1. The Kier molecular flexibility index (Phi) is 10.2. The zero-order valence-electron chi connectivity index (χ0n) is 20.9. The van der Waals surface area contributed by atoms with Gasteiger partial charge in [0.2, 0.25) is 0 Å². The van der Waals surface area contributed by atoms with Crippen LogP contribution in [0.2, 0.25) is 5.02 Å². The number of aliphatic hydroxyl groups excluding tert-OH is 1. The van der Waals surface area contributed by atoms with Crippen molar-refractivity contribution >= 4 is 35.0 Å². The normalized spacial score (nSPS) is 20.3. The van der Waals surface area contributed by atoms with Gasteiger partial charge < -0.3 is 36.6 Å². The number of phenolic OH excluding ortho intramolecular Hbond substituents is 1. The van der Waals surface area contributed by atoms with Crippen molar-refractivity contribution in [3.63, 3.8) is 0 Å². The van der Waals surface area contributed by atoms with Crippen molar-refractivity contribution in [3.8, 4) is 5.75 Å². The second kappa shape index (κ2) is 13.2. The molecular formula is C25H31ClF3N5O5. The topological polar surface area (TPSA) is 151 Å². The van der Waals surface area contributed by atoms with Crippen molar-refractivity contribution in [1.82, 2.24) is 10.2 Å². The zero-order chi connectivity index (χ0) is 28.7. The number of phenols is 1. The molecule has 14 heteroatoms. The van der Waals surface area contributed by atoms with E-state index in [2.05, 4.69) is 27.7 Å². The van der Waals surface area contributed by atoms with Gasteiger partial charge >= 0.3 is 18.2 Å². The number of aliphatic carboxylic acids is 1. The molecule has 2 fully saturated rings. The smallest absolute Gasteiger partial charge is 0.490 e. The summed E-state index contributed by atoms with van der Waals surface area (Å²) in [5.74, 6) is -2.67. The van der Waals surface area contributed by atoms with Crippen molar-refractivity contribution in [1.29, 1.82) is 0 Å². The van der Waals surface area contributed by atoms with Gasteiger partial charge in [-0.2, -0.15) is 13.2 Å². The molecule has 7 N–H and O–H groups in total. The molecule has 0 aromatic heterocycles. The summed E-state index contributed by atoms with van der Waals surface area (Å²) in [4.78, 5) is 24.6. The Labute approximate surface area is 228 Å². The molecule has 0 aliphatic carbocycles. The van der Waals surface area contributed by atoms with Crippen molar-refractivity contribution in [2.24, 2.45) is 5.73 Å². The van der Waals surface area contributed by atoms with E-state index in [1.165, 1.54) is 11.6 Å². The molecule has 0 saturated carbocycles. The van der Waals surface area contributed by atoms with Crippen LogP contribution in [0.25, 0.3) is 0 Å². The number of alkyl halides is 3. The number of hydrogen-bond donors (Lipinski definition) is 6. The highest BCUT2D eigenvalue weighted by Gasteiger charge is 2.38. The summed E-state index contributed by atoms with van der Waals surface area (Å²) in [7, 11) is 0. The Balaban J connectivity index is 0.000000532. The lowest BCUT2D eigenvalue weighted by atomic mass is 10.0. The number of piperidine rings is 1. The Morgan fingerprint density at radius 3 is 2.26 bits per heavy atom. The van der Waals surface area contributed by atoms with Crippen molar-refractivity contribution in [3.05, 3.63) is 53.1 Å². The van der Waals surface area contributed by atoms with Gasteiger partial charge in [-0.25, -0.2) is 9.59 Å². The number of rotatable bonds is 6. The number of anilines is 2. The average Bonchev–Trinajstić information content (AvgIpc) is 3.22. The number of carboxylic acid groups (broad SMARTS) is 1. The number of nitrogens with one attached hydrogen (secondary N) is 2. The fourth-order valence-electron chi connectivity index (χ4n) is 4.58. The van der Waals surface area contributed by atoms with Gasteiger partial charge in [0, 0.05) is 36.8 Å². The number of carbonyl (C=O) groups is 2. The van der Waals surface area contributed by atoms with E-state index < -0.39 is 24.3 Å². The molecule has 2 aromatic rings. The minimum absolute atomic E-state index is 0.0911. The zero-order valence-corrected chi connectivity index (χ0v) is 21.6. The van der Waals surface area contributed by atoms with E-state index in [9.17, 15) is 28.2 Å². The van der Waals surface area contributed by atoms with Crippen LogP contribution in [0.1, 0.15) is 18.4 Å².